The quantitative estimate of drug-likeness (QED) is 0.674. The van der Waals surface area contributed by atoms with Crippen molar-refractivity contribution in [2.24, 2.45) is 11.3 Å². The topological polar surface area (TPSA) is 15.3 Å². The first-order valence-electron chi connectivity index (χ1n) is 6.63. The number of hydrogen-bond acceptors (Lipinski definition) is 2. The third kappa shape index (κ3) is 9.17. The molecule has 0 aromatic carbocycles. The number of rotatable bonds is 7. The van der Waals surface area contributed by atoms with Gasteiger partial charge in [-0.3, -0.25) is 0 Å². The largest absolute Gasteiger partial charge is 0.316 e. The zero-order valence-electron chi connectivity index (χ0n) is 12.4. The van der Waals surface area contributed by atoms with Crippen molar-refractivity contribution in [1.29, 1.82) is 0 Å². The number of nitrogens with zero attached hydrogens (tertiary/aromatic N) is 1. The Balaban J connectivity index is 3.67. The van der Waals surface area contributed by atoms with Crippen LogP contribution < -0.4 is 5.32 Å². The predicted octanol–water partition coefficient (Wildman–Crippen LogP) is 2.99. The Bertz CT molecular complexity index is 170. The zero-order chi connectivity index (χ0) is 12.8. The van der Waals surface area contributed by atoms with E-state index in [-0.39, 0.29) is 0 Å². The molecule has 98 valence electrons. The third-order valence-electron chi connectivity index (χ3n) is 2.77. The molecule has 0 spiro atoms. The molecule has 0 heterocycles. The fourth-order valence-electron chi connectivity index (χ4n) is 1.83. The lowest BCUT2D eigenvalue weighted by Crippen LogP contribution is -2.38. The maximum atomic E-state index is 3.51. The van der Waals surface area contributed by atoms with Crippen molar-refractivity contribution in [3.05, 3.63) is 0 Å². The summed E-state index contributed by atoms with van der Waals surface area (Å²) in [5.74, 6) is 0.752. The minimum absolute atomic E-state index is 0.397. The normalized spacial score (nSPS) is 14.8. The van der Waals surface area contributed by atoms with E-state index in [1.807, 2.05) is 0 Å². The highest BCUT2D eigenvalue weighted by Crippen LogP contribution is 2.16. The van der Waals surface area contributed by atoms with Crippen molar-refractivity contribution < 1.29 is 0 Å². The van der Waals surface area contributed by atoms with Gasteiger partial charge in [0.05, 0.1) is 0 Å². The molecule has 0 fully saturated rings. The monoisotopic (exact) mass is 228 g/mol. The highest BCUT2D eigenvalue weighted by molar-refractivity contribution is 4.71. The molecule has 1 unspecified atom stereocenters. The average molecular weight is 228 g/mol. The van der Waals surface area contributed by atoms with E-state index in [2.05, 4.69) is 58.8 Å². The van der Waals surface area contributed by atoms with E-state index in [1.165, 1.54) is 13.0 Å². The van der Waals surface area contributed by atoms with E-state index < -0.39 is 0 Å². The summed E-state index contributed by atoms with van der Waals surface area (Å²) < 4.78 is 0. The molecular formula is C14H32N2. The number of nitrogens with one attached hydrogen (secondary N) is 1. The average Bonchev–Trinajstić information content (AvgIpc) is 2.08. The van der Waals surface area contributed by atoms with Crippen LogP contribution in [0.25, 0.3) is 0 Å². The molecular weight excluding hydrogens is 196 g/mol. The van der Waals surface area contributed by atoms with Crippen LogP contribution >= 0.6 is 0 Å². The van der Waals surface area contributed by atoms with Crippen molar-refractivity contribution in [2.45, 2.75) is 54.0 Å². The Morgan fingerprint density at radius 2 is 1.69 bits per heavy atom. The second kappa shape index (κ2) is 7.29. The molecule has 0 aliphatic rings. The summed E-state index contributed by atoms with van der Waals surface area (Å²) in [4.78, 5) is 2.47. The molecule has 0 saturated carbocycles. The SMILES string of the molecule is CC(C)CNCCC(C)N(C)CC(C)(C)C. The van der Waals surface area contributed by atoms with Crippen LogP contribution in [-0.4, -0.2) is 37.6 Å². The summed E-state index contributed by atoms with van der Waals surface area (Å²) >= 11 is 0. The van der Waals surface area contributed by atoms with E-state index in [1.54, 1.807) is 0 Å². The molecule has 0 aromatic heterocycles. The van der Waals surface area contributed by atoms with Gasteiger partial charge in [-0.2, -0.15) is 0 Å². The standard InChI is InChI=1S/C14H32N2/c1-12(2)10-15-9-8-13(3)16(7)11-14(4,5)6/h12-13,15H,8-11H2,1-7H3. The maximum absolute atomic E-state index is 3.51. The first-order chi connectivity index (χ1) is 7.22. The smallest absolute Gasteiger partial charge is 0.00761 e. The van der Waals surface area contributed by atoms with Crippen LogP contribution in [0.2, 0.25) is 0 Å². The number of hydrogen-bond donors (Lipinski definition) is 1. The van der Waals surface area contributed by atoms with E-state index >= 15 is 0 Å². The fourth-order valence-corrected chi connectivity index (χ4v) is 1.83. The Labute approximate surface area is 103 Å². The van der Waals surface area contributed by atoms with Gasteiger partial charge in [0.1, 0.15) is 0 Å². The summed E-state index contributed by atoms with van der Waals surface area (Å²) in [5, 5.41) is 3.51. The van der Waals surface area contributed by atoms with E-state index in [9.17, 15) is 0 Å². The second-order valence-electron chi connectivity index (χ2n) is 6.71. The lowest BCUT2D eigenvalue weighted by Gasteiger charge is -2.31. The first-order valence-corrected chi connectivity index (χ1v) is 6.63. The summed E-state index contributed by atoms with van der Waals surface area (Å²) in [5.41, 5.74) is 0.397. The van der Waals surface area contributed by atoms with Crippen molar-refractivity contribution in [1.82, 2.24) is 10.2 Å². The van der Waals surface area contributed by atoms with Gasteiger partial charge < -0.3 is 10.2 Å². The van der Waals surface area contributed by atoms with E-state index in [4.69, 9.17) is 0 Å². The summed E-state index contributed by atoms with van der Waals surface area (Å²) in [6.07, 6.45) is 1.24. The van der Waals surface area contributed by atoms with Gasteiger partial charge in [-0.15, -0.1) is 0 Å². The highest BCUT2D eigenvalue weighted by Gasteiger charge is 2.17. The lowest BCUT2D eigenvalue weighted by molar-refractivity contribution is 0.174. The minimum Gasteiger partial charge on any atom is -0.316 e. The van der Waals surface area contributed by atoms with Gasteiger partial charge in [0.25, 0.3) is 0 Å². The van der Waals surface area contributed by atoms with Gasteiger partial charge in [0.2, 0.25) is 0 Å². The Hall–Kier alpha value is -0.0800. The van der Waals surface area contributed by atoms with E-state index in [0.717, 1.165) is 19.0 Å². The Kier molecular flexibility index (Phi) is 7.25. The molecule has 1 N–H and O–H groups in total. The van der Waals surface area contributed by atoms with Gasteiger partial charge in [0.15, 0.2) is 0 Å². The fraction of sp³-hybridized carbons (Fsp3) is 1.00. The van der Waals surface area contributed by atoms with Crippen LogP contribution in [0.3, 0.4) is 0 Å². The van der Waals surface area contributed by atoms with Crippen LogP contribution in [-0.2, 0) is 0 Å². The van der Waals surface area contributed by atoms with Crippen LogP contribution in [0.4, 0.5) is 0 Å². The molecule has 2 nitrogen and oxygen atoms in total. The Morgan fingerprint density at radius 1 is 1.12 bits per heavy atom. The summed E-state index contributed by atoms with van der Waals surface area (Å²) in [6, 6.07) is 0.666. The third-order valence-corrected chi connectivity index (χ3v) is 2.77. The van der Waals surface area contributed by atoms with Crippen LogP contribution in [0, 0.1) is 11.3 Å². The van der Waals surface area contributed by atoms with Crippen LogP contribution in [0.15, 0.2) is 0 Å². The Morgan fingerprint density at radius 3 is 2.12 bits per heavy atom. The molecule has 0 aliphatic carbocycles. The van der Waals surface area contributed by atoms with Crippen molar-refractivity contribution in [3.63, 3.8) is 0 Å². The predicted molar refractivity (Wildman–Crippen MR) is 73.9 cm³/mol. The zero-order valence-corrected chi connectivity index (χ0v) is 12.4. The second-order valence-corrected chi connectivity index (χ2v) is 6.71. The van der Waals surface area contributed by atoms with Gasteiger partial charge >= 0.3 is 0 Å². The van der Waals surface area contributed by atoms with Gasteiger partial charge in [-0.05, 0) is 44.8 Å². The molecule has 2 heteroatoms. The van der Waals surface area contributed by atoms with Crippen molar-refractivity contribution in [2.75, 3.05) is 26.7 Å². The molecule has 16 heavy (non-hydrogen) atoms. The van der Waals surface area contributed by atoms with Crippen molar-refractivity contribution in [3.8, 4) is 0 Å². The molecule has 0 radical (unpaired) electrons. The highest BCUT2D eigenvalue weighted by atomic mass is 15.1. The van der Waals surface area contributed by atoms with Gasteiger partial charge in [-0.25, -0.2) is 0 Å². The minimum atomic E-state index is 0.397. The van der Waals surface area contributed by atoms with Gasteiger partial charge in [-0.1, -0.05) is 34.6 Å². The first kappa shape index (κ1) is 15.9. The summed E-state index contributed by atoms with van der Waals surface area (Å²) in [7, 11) is 2.23. The molecule has 1 atom stereocenters. The molecule has 0 aliphatic heterocycles. The van der Waals surface area contributed by atoms with E-state index in [0.29, 0.717) is 11.5 Å². The van der Waals surface area contributed by atoms with Crippen molar-refractivity contribution >= 4 is 0 Å². The molecule has 0 bridgehead atoms. The summed E-state index contributed by atoms with van der Waals surface area (Å²) in [6.45, 7) is 17.2. The molecule has 0 rings (SSSR count). The molecule has 0 amide bonds. The van der Waals surface area contributed by atoms with Crippen LogP contribution in [0.5, 0.6) is 0 Å². The maximum Gasteiger partial charge on any atom is 0.00761 e. The van der Waals surface area contributed by atoms with Crippen LogP contribution in [0.1, 0.15) is 48.0 Å². The molecule has 0 saturated heterocycles. The lowest BCUT2D eigenvalue weighted by atomic mass is 9.95. The molecule has 0 aromatic rings. The van der Waals surface area contributed by atoms with Gasteiger partial charge in [0, 0.05) is 12.6 Å².